The van der Waals surface area contributed by atoms with Gasteiger partial charge in [-0.1, -0.05) is 0 Å². The number of allylic oxidation sites excluding steroid dienone is 1. The van der Waals surface area contributed by atoms with Gasteiger partial charge in [0.15, 0.2) is 0 Å². The summed E-state index contributed by atoms with van der Waals surface area (Å²) in [6, 6.07) is 0. The van der Waals surface area contributed by atoms with Crippen LogP contribution in [0.15, 0.2) is 12.2 Å². The van der Waals surface area contributed by atoms with Crippen molar-refractivity contribution in [1.29, 1.82) is 0 Å². The first-order valence-electron chi connectivity index (χ1n) is 1.62. The summed E-state index contributed by atoms with van der Waals surface area (Å²) in [4.78, 5) is 0. The van der Waals surface area contributed by atoms with Gasteiger partial charge >= 0.3 is 46.0 Å². The summed E-state index contributed by atoms with van der Waals surface area (Å²) < 4.78 is 1.24. The third kappa shape index (κ3) is 4.54. The van der Waals surface area contributed by atoms with E-state index >= 15 is 0 Å². The van der Waals surface area contributed by atoms with Crippen LogP contribution in [-0.2, 0) is 0 Å². The molecule has 0 aromatic heterocycles. The molecule has 0 amide bonds. The Bertz CT molecular complexity index is 38.9. The molecular formula is C4H8Sn. The normalized spacial score (nSPS) is 7.60. The molecule has 2 radical (unpaired) electrons. The van der Waals surface area contributed by atoms with Gasteiger partial charge in [0.05, 0.1) is 0 Å². The van der Waals surface area contributed by atoms with Crippen molar-refractivity contribution in [2.75, 3.05) is 0 Å². The van der Waals surface area contributed by atoms with Crippen LogP contribution in [0, 0.1) is 0 Å². The van der Waals surface area contributed by atoms with Crippen molar-refractivity contribution in [2.24, 2.45) is 0 Å². The van der Waals surface area contributed by atoms with Gasteiger partial charge in [-0.2, -0.15) is 0 Å². The molecule has 0 saturated carbocycles. The topological polar surface area (TPSA) is 0 Å². The van der Waals surface area contributed by atoms with Gasteiger partial charge in [-0.25, -0.2) is 0 Å². The fourth-order valence-electron chi connectivity index (χ4n) is 0. The third-order valence-corrected chi connectivity index (χ3v) is 2.34. The molecule has 0 rings (SSSR count). The van der Waals surface area contributed by atoms with E-state index in [1.807, 2.05) is 0 Å². The van der Waals surface area contributed by atoms with E-state index in [0.29, 0.717) is 0 Å². The Balaban J connectivity index is 2.85. The zero-order valence-corrected chi connectivity index (χ0v) is 6.79. The molecule has 0 atom stereocenters. The molecule has 0 fully saturated rings. The SMILES string of the molecule is C=C(C)[CH2][SnH]. The fourth-order valence-corrected chi connectivity index (χ4v) is 0. The average molecular weight is 175 g/mol. The van der Waals surface area contributed by atoms with Crippen molar-refractivity contribution in [3.8, 4) is 0 Å². The average Bonchev–Trinajstić information content (AvgIpc) is 1.38. The Hall–Kier alpha value is 0.539. The molecule has 0 unspecified atom stereocenters. The van der Waals surface area contributed by atoms with E-state index in [-0.39, 0.29) is 0 Å². The predicted molar refractivity (Wildman–Crippen MR) is 26.8 cm³/mol. The van der Waals surface area contributed by atoms with Gasteiger partial charge in [0, 0.05) is 0 Å². The van der Waals surface area contributed by atoms with Crippen LogP contribution in [0.4, 0.5) is 0 Å². The van der Waals surface area contributed by atoms with Crippen molar-refractivity contribution in [3.05, 3.63) is 12.2 Å². The number of rotatable bonds is 1. The zero-order chi connectivity index (χ0) is 4.28. The van der Waals surface area contributed by atoms with E-state index in [0.717, 1.165) is 0 Å². The van der Waals surface area contributed by atoms with Crippen molar-refractivity contribution in [3.63, 3.8) is 0 Å². The Morgan fingerprint density at radius 3 is 2.20 bits per heavy atom. The minimum absolute atomic E-state index is 1.24. The van der Waals surface area contributed by atoms with Crippen molar-refractivity contribution < 1.29 is 0 Å². The van der Waals surface area contributed by atoms with Crippen molar-refractivity contribution >= 4 is 22.5 Å². The quantitative estimate of drug-likeness (QED) is 0.409. The third-order valence-electron chi connectivity index (χ3n) is 0.348. The van der Waals surface area contributed by atoms with Gasteiger partial charge in [-0.05, 0) is 0 Å². The predicted octanol–water partition coefficient (Wildman–Crippen LogP) is 0.882. The summed E-state index contributed by atoms with van der Waals surface area (Å²) in [6.07, 6.45) is 0. The van der Waals surface area contributed by atoms with Crippen LogP contribution in [0.5, 0.6) is 0 Å². The Kier molecular flexibility index (Phi) is 3.06. The van der Waals surface area contributed by atoms with Gasteiger partial charge in [0.25, 0.3) is 0 Å². The molecule has 28 valence electrons. The first kappa shape index (κ1) is 5.54. The number of hydrogen-bond acceptors (Lipinski definition) is 0. The molecule has 0 bridgehead atoms. The monoisotopic (exact) mass is 176 g/mol. The summed E-state index contributed by atoms with van der Waals surface area (Å²) >= 11 is 1.33. The molecule has 0 heterocycles. The molecule has 0 aliphatic heterocycles. The summed E-state index contributed by atoms with van der Waals surface area (Å²) in [5.74, 6) is 0. The van der Waals surface area contributed by atoms with E-state index in [1.165, 1.54) is 32.5 Å². The van der Waals surface area contributed by atoms with Crippen LogP contribution in [0.1, 0.15) is 6.92 Å². The van der Waals surface area contributed by atoms with Crippen LogP contribution in [0.25, 0.3) is 0 Å². The molecule has 0 aromatic rings. The second-order valence-electron chi connectivity index (χ2n) is 1.16. The maximum absolute atomic E-state index is 3.71. The van der Waals surface area contributed by atoms with Gasteiger partial charge in [0.1, 0.15) is 0 Å². The second kappa shape index (κ2) is 2.76. The van der Waals surface area contributed by atoms with E-state index < -0.39 is 0 Å². The van der Waals surface area contributed by atoms with Gasteiger partial charge in [-0.3, -0.25) is 0 Å². The van der Waals surface area contributed by atoms with Crippen molar-refractivity contribution in [2.45, 2.75) is 11.4 Å². The van der Waals surface area contributed by atoms with Gasteiger partial charge in [0.2, 0.25) is 0 Å². The Labute approximate surface area is 46.4 Å². The minimum atomic E-state index is 1.24. The van der Waals surface area contributed by atoms with E-state index in [1.54, 1.807) is 0 Å². The van der Waals surface area contributed by atoms with E-state index in [9.17, 15) is 0 Å². The van der Waals surface area contributed by atoms with Gasteiger partial charge < -0.3 is 0 Å². The second-order valence-corrected chi connectivity index (χ2v) is 2.33. The van der Waals surface area contributed by atoms with Gasteiger partial charge in [-0.15, -0.1) is 0 Å². The van der Waals surface area contributed by atoms with Crippen LogP contribution in [0.3, 0.4) is 0 Å². The molecule has 0 spiro atoms. The molecule has 0 aliphatic carbocycles. The van der Waals surface area contributed by atoms with E-state index in [2.05, 4.69) is 13.5 Å². The summed E-state index contributed by atoms with van der Waals surface area (Å²) in [7, 11) is 0. The molecule has 1 heteroatoms. The molecule has 0 aromatic carbocycles. The first-order valence-corrected chi connectivity index (χ1v) is 3.95. The number of hydrogen-bond donors (Lipinski definition) is 0. The Morgan fingerprint density at radius 2 is 2.20 bits per heavy atom. The molecule has 0 aliphatic rings. The standard InChI is InChI=1S/C4H7.Sn.H/c1-4(2)3;;/h1-2H2,3H3;;. The summed E-state index contributed by atoms with van der Waals surface area (Å²) in [6.45, 7) is 5.77. The Morgan fingerprint density at radius 1 is 2.00 bits per heavy atom. The van der Waals surface area contributed by atoms with Crippen LogP contribution in [0.2, 0.25) is 4.44 Å². The molecule has 0 nitrogen and oxygen atoms in total. The summed E-state index contributed by atoms with van der Waals surface area (Å²) in [5, 5.41) is 0. The van der Waals surface area contributed by atoms with Crippen LogP contribution in [-0.4, -0.2) is 22.5 Å². The van der Waals surface area contributed by atoms with Crippen LogP contribution < -0.4 is 0 Å². The molecule has 5 heavy (non-hydrogen) atoms. The molecule has 0 N–H and O–H groups in total. The molecule has 0 saturated heterocycles. The van der Waals surface area contributed by atoms with Crippen LogP contribution >= 0.6 is 0 Å². The molecular weight excluding hydrogens is 167 g/mol. The fraction of sp³-hybridized carbons (Fsp3) is 0.500. The van der Waals surface area contributed by atoms with E-state index in [4.69, 9.17) is 0 Å². The van der Waals surface area contributed by atoms with Crippen molar-refractivity contribution in [1.82, 2.24) is 0 Å². The maximum atomic E-state index is 3.71. The summed E-state index contributed by atoms with van der Waals surface area (Å²) in [5.41, 5.74) is 1.31. The first-order chi connectivity index (χ1) is 2.27. The zero-order valence-electron chi connectivity index (χ0n) is 3.49.